The third-order valence-corrected chi connectivity index (χ3v) is 6.60. The van der Waals surface area contributed by atoms with E-state index in [1.165, 1.54) is 12.8 Å². The van der Waals surface area contributed by atoms with Gasteiger partial charge >= 0.3 is 0 Å². The molecule has 3 aliphatic rings. The molecule has 2 saturated heterocycles. The van der Waals surface area contributed by atoms with Crippen molar-refractivity contribution in [2.75, 3.05) is 51.7 Å². The molecule has 30 heavy (non-hydrogen) atoms. The van der Waals surface area contributed by atoms with Crippen molar-refractivity contribution < 1.29 is 9.59 Å². The first-order valence-corrected chi connectivity index (χ1v) is 11.3. The molecule has 1 aromatic heterocycles. The van der Waals surface area contributed by atoms with Crippen LogP contribution in [0.15, 0.2) is 0 Å². The Morgan fingerprint density at radius 1 is 1.03 bits per heavy atom. The summed E-state index contributed by atoms with van der Waals surface area (Å²) in [6.45, 7) is 6.20. The Morgan fingerprint density at radius 3 is 2.47 bits per heavy atom. The summed E-state index contributed by atoms with van der Waals surface area (Å²) < 4.78 is 0. The van der Waals surface area contributed by atoms with Crippen molar-refractivity contribution in [3.8, 4) is 0 Å². The molecule has 0 aromatic carbocycles. The standard InChI is InChI=1S/C22H34N6O2/c1-16(29)27-13-9-18-17(14-27)22(25(2)3)24-21(23-18)19-8-4-5-12-28(19)20(30)15-26-10-6-7-11-26/h19H,4-15H2,1-3H3. The average molecular weight is 415 g/mol. The van der Waals surface area contributed by atoms with E-state index in [1.54, 1.807) is 6.92 Å². The fourth-order valence-corrected chi connectivity index (χ4v) is 4.92. The third kappa shape index (κ3) is 4.29. The maximum atomic E-state index is 13.1. The number of nitrogens with zero attached hydrogens (tertiary/aromatic N) is 6. The second-order valence-corrected chi connectivity index (χ2v) is 9.00. The Hall–Kier alpha value is -2.22. The van der Waals surface area contributed by atoms with Crippen LogP contribution in [0.2, 0.25) is 0 Å². The van der Waals surface area contributed by atoms with Gasteiger partial charge in [-0.2, -0.15) is 0 Å². The molecule has 0 radical (unpaired) electrons. The van der Waals surface area contributed by atoms with E-state index in [-0.39, 0.29) is 17.9 Å². The highest BCUT2D eigenvalue weighted by Crippen LogP contribution is 2.33. The molecule has 2 fully saturated rings. The van der Waals surface area contributed by atoms with Crippen molar-refractivity contribution in [2.24, 2.45) is 0 Å². The number of piperidine rings is 1. The van der Waals surface area contributed by atoms with Gasteiger partial charge in [0.15, 0.2) is 5.82 Å². The fourth-order valence-electron chi connectivity index (χ4n) is 4.92. The maximum absolute atomic E-state index is 13.1. The molecule has 3 aliphatic heterocycles. The molecule has 4 heterocycles. The van der Waals surface area contributed by atoms with Crippen molar-refractivity contribution in [2.45, 2.75) is 58.0 Å². The Labute approximate surface area is 179 Å². The minimum atomic E-state index is -0.0521. The molecule has 1 aromatic rings. The normalized spacial score (nSPS) is 22.2. The van der Waals surface area contributed by atoms with Gasteiger partial charge in [-0.25, -0.2) is 9.97 Å². The molecule has 0 saturated carbocycles. The van der Waals surface area contributed by atoms with Crippen molar-refractivity contribution in [3.63, 3.8) is 0 Å². The topological polar surface area (TPSA) is 72.9 Å². The zero-order valence-corrected chi connectivity index (χ0v) is 18.6. The second-order valence-electron chi connectivity index (χ2n) is 9.00. The smallest absolute Gasteiger partial charge is 0.237 e. The number of rotatable bonds is 4. The number of carbonyl (C=O) groups is 2. The van der Waals surface area contributed by atoms with Gasteiger partial charge in [-0.1, -0.05) is 0 Å². The molecule has 164 valence electrons. The summed E-state index contributed by atoms with van der Waals surface area (Å²) in [6, 6.07) is -0.0521. The molecular weight excluding hydrogens is 380 g/mol. The van der Waals surface area contributed by atoms with Crippen LogP contribution in [0.3, 0.4) is 0 Å². The number of carbonyl (C=O) groups excluding carboxylic acids is 2. The van der Waals surface area contributed by atoms with Crippen LogP contribution in [-0.4, -0.2) is 83.3 Å². The monoisotopic (exact) mass is 414 g/mol. The molecule has 1 unspecified atom stereocenters. The zero-order valence-electron chi connectivity index (χ0n) is 18.6. The van der Waals surface area contributed by atoms with E-state index in [2.05, 4.69) is 4.90 Å². The summed E-state index contributed by atoms with van der Waals surface area (Å²) in [4.78, 5) is 43.1. The maximum Gasteiger partial charge on any atom is 0.237 e. The van der Waals surface area contributed by atoms with Gasteiger partial charge in [0.2, 0.25) is 11.8 Å². The number of aromatic nitrogens is 2. The number of hydrogen-bond donors (Lipinski definition) is 0. The van der Waals surface area contributed by atoms with Crippen LogP contribution in [0, 0.1) is 0 Å². The van der Waals surface area contributed by atoms with Crippen LogP contribution in [0.5, 0.6) is 0 Å². The summed E-state index contributed by atoms with van der Waals surface area (Å²) >= 11 is 0. The van der Waals surface area contributed by atoms with Gasteiger partial charge < -0.3 is 14.7 Å². The van der Waals surface area contributed by atoms with Gasteiger partial charge in [-0.05, 0) is 45.2 Å². The summed E-state index contributed by atoms with van der Waals surface area (Å²) in [5, 5.41) is 0. The molecule has 1 atom stereocenters. The second kappa shape index (κ2) is 8.88. The summed E-state index contributed by atoms with van der Waals surface area (Å²) in [5.74, 6) is 1.93. The minimum absolute atomic E-state index is 0.0521. The highest BCUT2D eigenvalue weighted by atomic mass is 16.2. The third-order valence-electron chi connectivity index (χ3n) is 6.60. The Balaban J connectivity index is 1.62. The largest absolute Gasteiger partial charge is 0.362 e. The summed E-state index contributed by atoms with van der Waals surface area (Å²) in [6.07, 6.45) is 6.16. The quantitative estimate of drug-likeness (QED) is 0.745. The molecule has 0 N–H and O–H groups in total. The van der Waals surface area contributed by atoms with Crippen molar-refractivity contribution in [1.29, 1.82) is 0 Å². The number of hydrogen-bond acceptors (Lipinski definition) is 6. The molecule has 0 spiro atoms. The highest BCUT2D eigenvalue weighted by molar-refractivity contribution is 5.79. The Bertz CT molecular complexity index is 805. The van der Waals surface area contributed by atoms with Crippen molar-refractivity contribution in [1.82, 2.24) is 24.7 Å². The first kappa shape index (κ1) is 21.0. The molecule has 2 amide bonds. The molecule has 0 bridgehead atoms. The summed E-state index contributed by atoms with van der Waals surface area (Å²) in [7, 11) is 3.96. The molecule has 8 heteroatoms. The molecule has 4 rings (SSSR count). The van der Waals surface area contributed by atoms with Gasteiger partial charge in [0.1, 0.15) is 5.82 Å². The number of anilines is 1. The van der Waals surface area contributed by atoms with Crippen LogP contribution in [0.4, 0.5) is 5.82 Å². The fraction of sp³-hybridized carbons (Fsp3) is 0.727. The minimum Gasteiger partial charge on any atom is -0.362 e. The zero-order chi connectivity index (χ0) is 21.3. The summed E-state index contributed by atoms with van der Waals surface area (Å²) in [5.41, 5.74) is 2.06. The number of amides is 2. The average Bonchev–Trinajstić information content (AvgIpc) is 3.25. The first-order chi connectivity index (χ1) is 14.4. The van der Waals surface area contributed by atoms with E-state index in [0.29, 0.717) is 19.6 Å². The van der Waals surface area contributed by atoms with Crippen molar-refractivity contribution >= 4 is 17.6 Å². The Kier molecular flexibility index (Phi) is 6.22. The molecule has 0 aliphatic carbocycles. The molecular formula is C22H34N6O2. The Morgan fingerprint density at radius 2 is 1.77 bits per heavy atom. The van der Waals surface area contributed by atoms with Crippen molar-refractivity contribution in [3.05, 3.63) is 17.1 Å². The highest BCUT2D eigenvalue weighted by Gasteiger charge is 2.33. The van der Waals surface area contributed by atoms with Gasteiger partial charge in [-0.3, -0.25) is 14.5 Å². The van der Waals surface area contributed by atoms with Crippen LogP contribution in [0.25, 0.3) is 0 Å². The SMILES string of the molecule is CC(=O)N1CCc2nc(C3CCCCN3C(=O)CN3CCCC3)nc(N(C)C)c2C1. The van der Waals surface area contributed by atoms with E-state index < -0.39 is 0 Å². The van der Waals surface area contributed by atoms with Gasteiger partial charge in [0.25, 0.3) is 0 Å². The van der Waals surface area contributed by atoms with Crippen LogP contribution >= 0.6 is 0 Å². The van der Waals surface area contributed by atoms with Crippen LogP contribution in [0.1, 0.15) is 62.2 Å². The first-order valence-electron chi connectivity index (χ1n) is 11.3. The molecule has 8 nitrogen and oxygen atoms in total. The predicted molar refractivity (Wildman–Crippen MR) is 115 cm³/mol. The lowest BCUT2D eigenvalue weighted by atomic mass is 9.99. The van der Waals surface area contributed by atoms with E-state index in [0.717, 1.165) is 68.2 Å². The van der Waals surface area contributed by atoms with Crippen LogP contribution < -0.4 is 4.90 Å². The lowest BCUT2D eigenvalue weighted by Gasteiger charge is -2.37. The predicted octanol–water partition coefficient (Wildman–Crippen LogP) is 1.60. The number of fused-ring (bicyclic) bond motifs is 1. The van der Waals surface area contributed by atoms with Gasteiger partial charge in [0, 0.05) is 46.1 Å². The van der Waals surface area contributed by atoms with E-state index in [4.69, 9.17) is 9.97 Å². The lowest BCUT2D eigenvalue weighted by molar-refractivity contribution is -0.136. The lowest BCUT2D eigenvalue weighted by Crippen LogP contribution is -2.44. The van der Waals surface area contributed by atoms with Gasteiger partial charge in [-0.15, -0.1) is 0 Å². The van der Waals surface area contributed by atoms with E-state index >= 15 is 0 Å². The number of likely N-dealkylation sites (tertiary alicyclic amines) is 2. The van der Waals surface area contributed by atoms with Gasteiger partial charge in [0.05, 0.1) is 24.8 Å². The van der Waals surface area contributed by atoms with E-state index in [1.807, 2.05) is 28.8 Å². The van der Waals surface area contributed by atoms with E-state index in [9.17, 15) is 9.59 Å². The van der Waals surface area contributed by atoms with Crippen LogP contribution in [-0.2, 0) is 22.6 Å².